The number of carbonyl (C=O) groups is 1. The van der Waals surface area contributed by atoms with Crippen LogP contribution in [0.4, 0.5) is 0 Å². The number of carbonyl (C=O) groups excluding carboxylic acids is 1. The zero-order valence-corrected chi connectivity index (χ0v) is 10.6. The molecule has 3 unspecified atom stereocenters. The van der Waals surface area contributed by atoms with Gasteiger partial charge in [-0.2, -0.15) is 0 Å². The summed E-state index contributed by atoms with van der Waals surface area (Å²) in [6.07, 6.45) is 0.946. The first-order valence-corrected chi connectivity index (χ1v) is 6.39. The van der Waals surface area contributed by atoms with Crippen LogP contribution in [0, 0.1) is 5.92 Å². The lowest BCUT2D eigenvalue weighted by Gasteiger charge is -2.28. The van der Waals surface area contributed by atoms with Crippen LogP contribution in [-0.4, -0.2) is 62.9 Å². The fourth-order valence-corrected chi connectivity index (χ4v) is 2.53. The monoisotopic (exact) mass is 242 g/mol. The number of hydrogen-bond donors (Lipinski definition) is 1. The molecule has 0 aromatic rings. The summed E-state index contributed by atoms with van der Waals surface area (Å²) >= 11 is 0. The minimum atomic E-state index is -0.0412. The summed E-state index contributed by atoms with van der Waals surface area (Å²) in [5, 5.41) is 3.32. The summed E-state index contributed by atoms with van der Waals surface area (Å²) in [4.78, 5) is 14.2. The van der Waals surface area contributed by atoms with E-state index in [1.54, 1.807) is 0 Å². The van der Waals surface area contributed by atoms with E-state index in [2.05, 4.69) is 5.32 Å². The summed E-state index contributed by atoms with van der Waals surface area (Å²) in [5.41, 5.74) is 0. The fourth-order valence-electron chi connectivity index (χ4n) is 2.53. The van der Waals surface area contributed by atoms with Crippen LogP contribution < -0.4 is 5.32 Å². The van der Waals surface area contributed by atoms with Gasteiger partial charge in [0.1, 0.15) is 0 Å². The number of nitrogens with zero attached hydrogens (tertiary/aromatic N) is 1. The van der Waals surface area contributed by atoms with Crippen LogP contribution in [0.15, 0.2) is 0 Å². The van der Waals surface area contributed by atoms with Gasteiger partial charge in [-0.05, 0) is 13.0 Å². The van der Waals surface area contributed by atoms with Crippen molar-refractivity contribution in [3.05, 3.63) is 0 Å². The Balaban J connectivity index is 1.93. The van der Waals surface area contributed by atoms with Crippen molar-refractivity contribution < 1.29 is 14.3 Å². The van der Waals surface area contributed by atoms with Gasteiger partial charge < -0.3 is 19.7 Å². The topological polar surface area (TPSA) is 50.8 Å². The summed E-state index contributed by atoms with van der Waals surface area (Å²) in [5.74, 6) is 0.143. The molecule has 2 aliphatic rings. The van der Waals surface area contributed by atoms with Gasteiger partial charge in [-0.1, -0.05) is 6.92 Å². The first kappa shape index (κ1) is 12.8. The average Bonchev–Trinajstić information content (AvgIpc) is 2.98. The maximum Gasteiger partial charge on any atom is 0.229 e. The van der Waals surface area contributed by atoms with E-state index in [0.717, 1.165) is 19.6 Å². The second-order valence-corrected chi connectivity index (χ2v) is 4.77. The molecule has 2 rings (SSSR count). The Morgan fingerprint density at radius 1 is 1.35 bits per heavy atom. The van der Waals surface area contributed by atoms with Crippen molar-refractivity contribution in [3.8, 4) is 0 Å². The molecule has 0 saturated carbocycles. The van der Waals surface area contributed by atoms with E-state index in [1.165, 1.54) is 0 Å². The first-order valence-electron chi connectivity index (χ1n) is 6.39. The van der Waals surface area contributed by atoms with Crippen molar-refractivity contribution in [3.63, 3.8) is 0 Å². The van der Waals surface area contributed by atoms with Gasteiger partial charge in [-0.25, -0.2) is 0 Å². The van der Waals surface area contributed by atoms with E-state index in [9.17, 15) is 4.79 Å². The van der Waals surface area contributed by atoms with Crippen LogP contribution in [-0.2, 0) is 14.3 Å². The summed E-state index contributed by atoms with van der Waals surface area (Å²) in [6.45, 7) is 5.53. The SMILES string of the molecule is CCNC1COCC1C(=O)N(C)C1CCOC1. The summed E-state index contributed by atoms with van der Waals surface area (Å²) in [7, 11) is 1.88. The lowest BCUT2D eigenvalue weighted by molar-refractivity contribution is -0.136. The maximum atomic E-state index is 12.4. The van der Waals surface area contributed by atoms with Gasteiger partial charge >= 0.3 is 0 Å². The number of amides is 1. The molecule has 17 heavy (non-hydrogen) atoms. The summed E-state index contributed by atoms with van der Waals surface area (Å²) < 4.78 is 10.7. The molecule has 0 aromatic heterocycles. The third-order valence-corrected chi connectivity index (χ3v) is 3.67. The highest BCUT2D eigenvalue weighted by Crippen LogP contribution is 2.19. The largest absolute Gasteiger partial charge is 0.379 e. The molecule has 0 spiro atoms. The highest BCUT2D eigenvalue weighted by Gasteiger charge is 2.37. The molecule has 2 aliphatic heterocycles. The van der Waals surface area contributed by atoms with Gasteiger partial charge in [0, 0.05) is 19.7 Å². The Morgan fingerprint density at radius 3 is 2.82 bits per heavy atom. The van der Waals surface area contributed by atoms with E-state index < -0.39 is 0 Å². The molecule has 0 aliphatic carbocycles. The zero-order chi connectivity index (χ0) is 12.3. The lowest BCUT2D eigenvalue weighted by Crippen LogP contribution is -2.47. The molecule has 5 nitrogen and oxygen atoms in total. The van der Waals surface area contributed by atoms with Crippen LogP contribution in [0.5, 0.6) is 0 Å². The third-order valence-electron chi connectivity index (χ3n) is 3.67. The summed E-state index contributed by atoms with van der Waals surface area (Å²) in [6, 6.07) is 0.405. The molecule has 2 fully saturated rings. The van der Waals surface area contributed by atoms with Gasteiger partial charge in [0.05, 0.1) is 31.8 Å². The number of hydrogen-bond acceptors (Lipinski definition) is 4. The van der Waals surface area contributed by atoms with Crippen LogP contribution >= 0.6 is 0 Å². The predicted molar refractivity (Wildman–Crippen MR) is 63.8 cm³/mol. The molecule has 1 N–H and O–H groups in total. The number of ether oxygens (including phenoxy) is 2. The second kappa shape index (κ2) is 5.80. The smallest absolute Gasteiger partial charge is 0.229 e. The standard InChI is InChI=1S/C12H22N2O3/c1-3-13-11-8-17-7-10(11)12(15)14(2)9-4-5-16-6-9/h9-11,13H,3-8H2,1-2H3. The zero-order valence-electron chi connectivity index (χ0n) is 10.6. The molecule has 0 aromatic carbocycles. The van der Waals surface area contributed by atoms with Gasteiger partial charge in [0.2, 0.25) is 5.91 Å². The van der Waals surface area contributed by atoms with Gasteiger partial charge in [0.15, 0.2) is 0 Å². The quantitative estimate of drug-likeness (QED) is 0.745. The molecule has 98 valence electrons. The van der Waals surface area contributed by atoms with Gasteiger partial charge in [-0.15, -0.1) is 0 Å². The Kier molecular flexibility index (Phi) is 4.36. The molecule has 2 saturated heterocycles. The molecule has 1 amide bonds. The highest BCUT2D eigenvalue weighted by atomic mass is 16.5. The molecular formula is C12H22N2O3. The van der Waals surface area contributed by atoms with E-state index in [1.807, 2.05) is 18.9 Å². The lowest BCUT2D eigenvalue weighted by atomic mass is 10.0. The number of nitrogens with one attached hydrogen (secondary N) is 1. The normalized spacial score (nSPS) is 32.9. The molecule has 2 heterocycles. The second-order valence-electron chi connectivity index (χ2n) is 4.77. The predicted octanol–water partition coefficient (Wildman–Crippen LogP) is -0.142. The fraction of sp³-hybridized carbons (Fsp3) is 0.917. The Bertz CT molecular complexity index is 266. The van der Waals surface area contributed by atoms with Crippen molar-refractivity contribution in [1.29, 1.82) is 0 Å². The Labute approximate surface area is 102 Å². The van der Waals surface area contributed by atoms with E-state index in [0.29, 0.717) is 19.8 Å². The molecule has 0 radical (unpaired) electrons. The van der Waals surface area contributed by atoms with Crippen molar-refractivity contribution in [2.45, 2.75) is 25.4 Å². The molecule has 3 atom stereocenters. The van der Waals surface area contributed by atoms with Gasteiger partial charge in [0.25, 0.3) is 0 Å². The maximum absolute atomic E-state index is 12.4. The Morgan fingerprint density at radius 2 is 2.18 bits per heavy atom. The first-order chi connectivity index (χ1) is 8.24. The molecular weight excluding hydrogens is 220 g/mol. The van der Waals surface area contributed by atoms with Crippen molar-refractivity contribution in [1.82, 2.24) is 10.2 Å². The van der Waals surface area contributed by atoms with Crippen LogP contribution in [0.2, 0.25) is 0 Å². The van der Waals surface area contributed by atoms with Crippen molar-refractivity contribution in [2.24, 2.45) is 5.92 Å². The van der Waals surface area contributed by atoms with Gasteiger partial charge in [-0.3, -0.25) is 4.79 Å². The number of likely N-dealkylation sites (N-methyl/N-ethyl adjacent to an activating group) is 2. The van der Waals surface area contributed by atoms with Crippen LogP contribution in [0.3, 0.4) is 0 Å². The van der Waals surface area contributed by atoms with Crippen molar-refractivity contribution in [2.75, 3.05) is 40.0 Å². The molecule has 0 bridgehead atoms. The van der Waals surface area contributed by atoms with Crippen LogP contribution in [0.25, 0.3) is 0 Å². The van der Waals surface area contributed by atoms with E-state index in [4.69, 9.17) is 9.47 Å². The molecule has 5 heteroatoms. The minimum Gasteiger partial charge on any atom is -0.379 e. The van der Waals surface area contributed by atoms with Crippen molar-refractivity contribution >= 4 is 5.91 Å². The van der Waals surface area contributed by atoms with E-state index >= 15 is 0 Å². The third kappa shape index (κ3) is 2.78. The number of rotatable bonds is 4. The minimum absolute atomic E-state index is 0.0412. The van der Waals surface area contributed by atoms with E-state index in [-0.39, 0.29) is 23.9 Å². The Hall–Kier alpha value is -0.650. The average molecular weight is 242 g/mol. The highest BCUT2D eigenvalue weighted by molar-refractivity contribution is 5.80. The van der Waals surface area contributed by atoms with Crippen LogP contribution in [0.1, 0.15) is 13.3 Å².